The summed E-state index contributed by atoms with van der Waals surface area (Å²) in [5, 5.41) is 0.758. The number of hydrogen-bond acceptors (Lipinski definition) is 4. The molecule has 1 amide bonds. The SMILES string of the molecule is CC(OC(=O)N1CCC2(CCCN2Cc2cc(Cl)cc(CN3CCCCC3)c2)CC1)C(F)(F)F. The summed E-state index contributed by atoms with van der Waals surface area (Å²) in [4.78, 5) is 18.6. The average Bonchev–Trinajstić information content (AvgIpc) is 3.15. The van der Waals surface area contributed by atoms with Crippen LogP contribution in [0.15, 0.2) is 18.2 Å². The van der Waals surface area contributed by atoms with Crippen molar-refractivity contribution in [3.63, 3.8) is 0 Å². The number of ether oxygens (including phenoxy) is 1. The molecular formula is C25H35ClF3N3O2. The Balaban J connectivity index is 1.36. The van der Waals surface area contributed by atoms with Crippen molar-refractivity contribution in [2.45, 2.75) is 82.8 Å². The Morgan fingerprint density at radius 3 is 2.26 bits per heavy atom. The van der Waals surface area contributed by atoms with E-state index < -0.39 is 18.4 Å². The lowest BCUT2D eigenvalue weighted by Crippen LogP contribution is -2.53. The van der Waals surface area contributed by atoms with Gasteiger partial charge >= 0.3 is 12.3 Å². The van der Waals surface area contributed by atoms with Gasteiger partial charge in [0, 0.05) is 36.7 Å². The lowest BCUT2D eigenvalue weighted by Gasteiger charge is -2.45. The molecule has 0 saturated carbocycles. The van der Waals surface area contributed by atoms with Gasteiger partial charge in [-0.1, -0.05) is 24.1 Å². The van der Waals surface area contributed by atoms with Crippen LogP contribution in [0, 0.1) is 0 Å². The third-order valence-corrected chi connectivity index (χ3v) is 7.90. The van der Waals surface area contributed by atoms with Gasteiger partial charge in [-0.05, 0) is 88.3 Å². The van der Waals surface area contributed by atoms with Crippen LogP contribution in [-0.2, 0) is 17.8 Å². The van der Waals surface area contributed by atoms with Crippen LogP contribution in [0.4, 0.5) is 18.0 Å². The number of rotatable bonds is 5. The van der Waals surface area contributed by atoms with Gasteiger partial charge < -0.3 is 9.64 Å². The molecule has 4 rings (SSSR count). The molecule has 3 aliphatic rings. The van der Waals surface area contributed by atoms with E-state index in [-0.39, 0.29) is 5.54 Å². The van der Waals surface area contributed by atoms with Gasteiger partial charge in [0.25, 0.3) is 0 Å². The van der Waals surface area contributed by atoms with E-state index >= 15 is 0 Å². The van der Waals surface area contributed by atoms with Crippen LogP contribution in [-0.4, -0.2) is 71.3 Å². The second-order valence-corrected chi connectivity index (χ2v) is 10.5. The van der Waals surface area contributed by atoms with Crippen molar-refractivity contribution in [3.05, 3.63) is 34.3 Å². The van der Waals surface area contributed by atoms with E-state index in [1.807, 2.05) is 6.07 Å². The quantitative estimate of drug-likeness (QED) is 0.507. The van der Waals surface area contributed by atoms with E-state index in [2.05, 4.69) is 26.7 Å². The molecule has 0 bridgehead atoms. The molecule has 190 valence electrons. The van der Waals surface area contributed by atoms with Gasteiger partial charge in [0.05, 0.1) is 0 Å². The third-order valence-electron chi connectivity index (χ3n) is 7.68. The molecule has 1 aromatic rings. The summed E-state index contributed by atoms with van der Waals surface area (Å²) in [7, 11) is 0. The molecular weight excluding hydrogens is 467 g/mol. The Hall–Kier alpha value is -1.51. The molecule has 0 aromatic heterocycles. The molecule has 3 aliphatic heterocycles. The van der Waals surface area contributed by atoms with Crippen molar-refractivity contribution in [2.75, 3.05) is 32.7 Å². The third kappa shape index (κ3) is 6.18. The van der Waals surface area contributed by atoms with Crippen molar-refractivity contribution in [3.8, 4) is 0 Å². The van der Waals surface area contributed by atoms with Gasteiger partial charge in [-0.2, -0.15) is 13.2 Å². The van der Waals surface area contributed by atoms with Gasteiger partial charge in [-0.15, -0.1) is 0 Å². The number of likely N-dealkylation sites (tertiary alicyclic amines) is 3. The number of carbonyl (C=O) groups excluding carboxylic acids is 1. The smallest absolute Gasteiger partial charge is 0.425 e. The summed E-state index contributed by atoms with van der Waals surface area (Å²) < 4.78 is 42.9. The van der Waals surface area contributed by atoms with Crippen molar-refractivity contribution in [2.24, 2.45) is 0 Å². The highest BCUT2D eigenvalue weighted by Gasteiger charge is 2.45. The monoisotopic (exact) mass is 501 g/mol. The molecule has 0 radical (unpaired) electrons. The number of hydrogen-bond donors (Lipinski definition) is 0. The number of amides is 1. The molecule has 3 heterocycles. The zero-order valence-corrected chi connectivity index (χ0v) is 20.6. The van der Waals surface area contributed by atoms with Crippen LogP contribution in [0.2, 0.25) is 5.02 Å². The molecule has 34 heavy (non-hydrogen) atoms. The molecule has 0 aliphatic carbocycles. The lowest BCUT2D eigenvalue weighted by atomic mass is 9.85. The van der Waals surface area contributed by atoms with Gasteiger partial charge in [-0.25, -0.2) is 4.79 Å². The number of alkyl halides is 3. The first-order valence-electron chi connectivity index (χ1n) is 12.4. The van der Waals surface area contributed by atoms with Crippen LogP contribution in [0.1, 0.15) is 63.0 Å². The molecule has 1 atom stereocenters. The van der Waals surface area contributed by atoms with E-state index in [9.17, 15) is 18.0 Å². The first-order valence-corrected chi connectivity index (χ1v) is 12.8. The highest BCUT2D eigenvalue weighted by atomic mass is 35.5. The number of halogens is 4. The Labute approximate surface area is 205 Å². The van der Waals surface area contributed by atoms with Gasteiger partial charge in [0.15, 0.2) is 6.10 Å². The number of piperidine rings is 2. The average molecular weight is 502 g/mol. The fourth-order valence-electron chi connectivity index (χ4n) is 5.70. The molecule has 1 spiro atoms. The maximum Gasteiger partial charge on any atom is 0.425 e. The van der Waals surface area contributed by atoms with Gasteiger partial charge in [0.2, 0.25) is 0 Å². The van der Waals surface area contributed by atoms with Crippen molar-refractivity contribution >= 4 is 17.7 Å². The van der Waals surface area contributed by atoms with E-state index in [1.165, 1.54) is 35.3 Å². The Morgan fingerprint density at radius 1 is 0.971 bits per heavy atom. The Kier molecular flexibility index (Phi) is 7.99. The highest BCUT2D eigenvalue weighted by molar-refractivity contribution is 6.30. The minimum atomic E-state index is -4.54. The molecule has 1 unspecified atom stereocenters. The Morgan fingerprint density at radius 2 is 1.62 bits per heavy atom. The fraction of sp³-hybridized carbons (Fsp3) is 0.720. The summed E-state index contributed by atoms with van der Waals surface area (Å²) in [5.41, 5.74) is 2.41. The summed E-state index contributed by atoms with van der Waals surface area (Å²) in [6, 6.07) is 6.36. The second kappa shape index (κ2) is 10.6. The maximum absolute atomic E-state index is 12.7. The largest absolute Gasteiger partial charge is 0.437 e. The number of nitrogens with zero attached hydrogens (tertiary/aromatic N) is 3. The zero-order chi connectivity index (χ0) is 24.3. The zero-order valence-electron chi connectivity index (χ0n) is 19.9. The first kappa shape index (κ1) is 25.6. The van der Waals surface area contributed by atoms with Crippen LogP contribution < -0.4 is 0 Å². The topological polar surface area (TPSA) is 36.0 Å². The van der Waals surface area contributed by atoms with E-state index in [4.69, 9.17) is 11.6 Å². The van der Waals surface area contributed by atoms with E-state index in [0.717, 1.165) is 70.4 Å². The molecule has 9 heteroatoms. The van der Waals surface area contributed by atoms with Crippen LogP contribution in [0.5, 0.6) is 0 Å². The fourth-order valence-corrected chi connectivity index (χ4v) is 5.98. The summed E-state index contributed by atoms with van der Waals surface area (Å²) in [6.07, 6.45) is -0.0985. The van der Waals surface area contributed by atoms with Crippen LogP contribution >= 0.6 is 11.6 Å². The number of carbonyl (C=O) groups is 1. The normalized spacial score (nSPS) is 22.8. The summed E-state index contributed by atoms with van der Waals surface area (Å²) >= 11 is 6.48. The summed E-state index contributed by atoms with van der Waals surface area (Å²) in [6.45, 7) is 6.66. The maximum atomic E-state index is 12.7. The predicted octanol–water partition coefficient (Wildman–Crippen LogP) is 5.84. The van der Waals surface area contributed by atoms with Crippen LogP contribution in [0.25, 0.3) is 0 Å². The predicted molar refractivity (Wildman–Crippen MR) is 126 cm³/mol. The van der Waals surface area contributed by atoms with Crippen molar-refractivity contribution in [1.29, 1.82) is 0 Å². The molecule has 0 N–H and O–H groups in total. The minimum absolute atomic E-state index is 0.0260. The van der Waals surface area contributed by atoms with Crippen LogP contribution in [0.3, 0.4) is 0 Å². The summed E-state index contributed by atoms with van der Waals surface area (Å²) in [5.74, 6) is 0. The highest BCUT2D eigenvalue weighted by Crippen LogP contribution is 2.40. The molecule has 3 fully saturated rings. The number of benzene rings is 1. The molecule has 1 aromatic carbocycles. The van der Waals surface area contributed by atoms with Gasteiger partial charge in [0.1, 0.15) is 0 Å². The molecule has 5 nitrogen and oxygen atoms in total. The Bertz CT molecular complexity index is 852. The minimum Gasteiger partial charge on any atom is -0.437 e. The van der Waals surface area contributed by atoms with Crippen molar-refractivity contribution < 1.29 is 22.7 Å². The van der Waals surface area contributed by atoms with Gasteiger partial charge in [-0.3, -0.25) is 9.80 Å². The van der Waals surface area contributed by atoms with E-state index in [0.29, 0.717) is 13.1 Å². The molecule has 3 saturated heterocycles. The van der Waals surface area contributed by atoms with E-state index in [1.54, 1.807) is 0 Å². The lowest BCUT2D eigenvalue weighted by molar-refractivity contribution is -0.200. The second-order valence-electron chi connectivity index (χ2n) is 10.1. The van der Waals surface area contributed by atoms with Crippen molar-refractivity contribution in [1.82, 2.24) is 14.7 Å². The first-order chi connectivity index (χ1) is 16.1. The standard InChI is InChI=1S/C25H35ClF3N3O2/c1-19(25(27,28)29)34-23(33)31-12-7-24(8-13-31)6-5-11-32(24)18-21-14-20(15-22(26)16-21)17-30-9-3-2-4-10-30/h14-16,19H,2-13,17-18H2,1H3.